The summed E-state index contributed by atoms with van der Waals surface area (Å²) in [5.74, 6) is -0.728. The number of aliphatic carboxylic acids is 1. The van der Waals surface area contributed by atoms with Gasteiger partial charge in [0.1, 0.15) is 5.25 Å². The number of benzene rings is 1. The smallest absolute Gasteiger partial charge is 0.317 e. The zero-order valence-corrected chi connectivity index (χ0v) is 8.67. The number of para-hydroxylation sites is 1. The van der Waals surface area contributed by atoms with Crippen LogP contribution in [-0.2, 0) is 11.2 Å². The maximum atomic E-state index is 10.9. The average Bonchev–Trinajstić information content (AvgIpc) is 2.73. The van der Waals surface area contributed by atoms with Crippen molar-refractivity contribution in [1.29, 1.82) is 0 Å². The van der Waals surface area contributed by atoms with Gasteiger partial charge in [-0.3, -0.25) is 4.79 Å². The summed E-state index contributed by atoms with van der Waals surface area (Å²) in [6.07, 6.45) is 0.624. The van der Waals surface area contributed by atoms with Crippen LogP contribution in [0.2, 0.25) is 0 Å². The number of nitrogens with one attached hydrogen (secondary N) is 1. The minimum absolute atomic E-state index is 0.323. The molecule has 1 aromatic carbocycles. The summed E-state index contributed by atoms with van der Waals surface area (Å²) in [6, 6.07) is 8.02. The number of carbonyl (C=O) groups is 1. The highest BCUT2D eigenvalue weighted by Gasteiger charge is 2.30. The quantitative estimate of drug-likeness (QED) is 0.773. The first kappa shape index (κ1) is 8.85. The molecule has 0 saturated carbocycles. The molecule has 0 radical (unpaired) electrons. The third kappa shape index (κ3) is 1.25. The van der Waals surface area contributed by atoms with E-state index >= 15 is 0 Å². The van der Waals surface area contributed by atoms with Crippen molar-refractivity contribution in [2.24, 2.45) is 0 Å². The van der Waals surface area contributed by atoms with Crippen LogP contribution in [0.25, 0.3) is 10.9 Å². The Bertz CT molecular complexity index is 547. The fraction of sp³-hybridized carbons (Fsp3) is 0.182. The minimum atomic E-state index is -0.728. The topological polar surface area (TPSA) is 53.1 Å². The number of aromatic nitrogens is 1. The molecule has 4 heteroatoms. The van der Waals surface area contributed by atoms with Gasteiger partial charge in [-0.1, -0.05) is 30.0 Å². The highest BCUT2D eigenvalue weighted by molar-refractivity contribution is 8.00. The van der Waals surface area contributed by atoms with Gasteiger partial charge in [-0.2, -0.15) is 0 Å². The zero-order chi connectivity index (χ0) is 10.4. The molecule has 2 N–H and O–H groups in total. The molecular formula is C11H9NO2S. The van der Waals surface area contributed by atoms with Gasteiger partial charge in [-0.05, 0) is 18.1 Å². The number of thioether (sulfide) groups is 1. The van der Waals surface area contributed by atoms with E-state index in [1.165, 1.54) is 11.8 Å². The van der Waals surface area contributed by atoms with Crippen molar-refractivity contribution in [2.75, 3.05) is 0 Å². The number of carboxylic acid groups (broad SMARTS) is 1. The molecule has 2 aromatic rings. The second-order valence-corrected chi connectivity index (χ2v) is 4.84. The lowest BCUT2D eigenvalue weighted by molar-refractivity contribution is -0.136. The molecule has 0 amide bonds. The van der Waals surface area contributed by atoms with E-state index in [0.717, 1.165) is 21.5 Å². The molecule has 0 aliphatic carbocycles. The molecule has 1 atom stereocenters. The van der Waals surface area contributed by atoms with Crippen LogP contribution in [-0.4, -0.2) is 21.3 Å². The van der Waals surface area contributed by atoms with Crippen molar-refractivity contribution in [3.63, 3.8) is 0 Å². The number of hydrogen-bond donors (Lipinski definition) is 2. The highest BCUT2D eigenvalue weighted by atomic mass is 32.2. The van der Waals surface area contributed by atoms with Gasteiger partial charge in [0, 0.05) is 10.9 Å². The minimum Gasteiger partial charge on any atom is -0.480 e. The summed E-state index contributed by atoms with van der Waals surface area (Å²) >= 11 is 1.41. The van der Waals surface area contributed by atoms with E-state index in [2.05, 4.69) is 4.98 Å². The average molecular weight is 219 g/mol. The third-order valence-corrected chi connectivity index (χ3v) is 3.94. The Balaban J connectivity index is 2.12. The van der Waals surface area contributed by atoms with Crippen molar-refractivity contribution in [1.82, 2.24) is 4.98 Å². The summed E-state index contributed by atoms with van der Waals surface area (Å²) in [5, 5.41) is 10.8. The molecule has 1 aromatic heterocycles. The Morgan fingerprint density at radius 2 is 2.27 bits per heavy atom. The highest BCUT2D eigenvalue weighted by Crippen LogP contribution is 2.40. The van der Waals surface area contributed by atoms with Crippen LogP contribution < -0.4 is 0 Å². The molecule has 0 spiro atoms. The van der Waals surface area contributed by atoms with Gasteiger partial charge >= 0.3 is 5.97 Å². The van der Waals surface area contributed by atoms with Gasteiger partial charge in [0.05, 0.1) is 5.03 Å². The van der Waals surface area contributed by atoms with Crippen LogP contribution in [0.4, 0.5) is 0 Å². The second kappa shape index (κ2) is 3.03. The fourth-order valence-electron chi connectivity index (χ4n) is 1.99. The first-order chi connectivity index (χ1) is 7.25. The fourth-order valence-corrected chi connectivity index (χ4v) is 3.13. The lowest BCUT2D eigenvalue weighted by Gasteiger charge is -2.00. The summed E-state index contributed by atoms with van der Waals surface area (Å²) in [5.41, 5.74) is 2.25. The van der Waals surface area contributed by atoms with E-state index in [-0.39, 0.29) is 5.25 Å². The first-order valence-electron chi connectivity index (χ1n) is 4.75. The van der Waals surface area contributed by atoms with Gasteiger partial charge in [0.2, 0.25) is 0 Å². The lowest BCUT2D eigenvalue weighted by Crippen LogP contribution is -2.14. The predicted molar refractivity (Wildman–Crippen MR) is 59.3 cm³/mol. The molecular weight excluding hydrogens is 210 g/mol. The van der Waals surface area contributed by atoms with E-state index < -0.39 is 5.97 Å². The Hall–Kier alpha value is -1.42. The van der Waals surface area contributed by atoms with E-state index in [9.17, 15) is 4.79 Å². The zero-order valence-electron chi connectivity index (χ0n) is 7.86. The van der Waals surface area contributed by atoms with E-state index in [4.69, 9.17) is 5.11 Å². The molecule has 0 unspecified atom stereocenters. The maximum Gasteiger partial charge on any atom is 0.317 e. The van der Waals surface area contributed by atoms with Crippen molar-refractivity contribution >= 4 is 28.6 Å². The summed E-state index contributed by atoms with van der Waals surface area (Å²) in [4.78, 5) is 14.1. The molecule has 0 fully saturated rings. The third-order valence-electron chi connectivity index (χ3n) is 2.70. The van der Waals surface area contributed by atoms with Gasteiger partial charge in [0.25, 0.3) is 0 Å². The van der Waals surface area contributed by atoms with Crippen LogP contribution in [0.5, 0.6) is 0 Å². The van der Waals surface area contributed by atoms with Crippen LogP contribution in [0, 0.1) is 0 Å². The van der Waals surface area contributed by atoms with Crippen LogP contribution in [0.3, 0.4) is 0 Å². The largest absolute Gasteiger partial charge is 0.480 e. The second-order valence-electron chi connectivity index (χ2n) is 3.63. The normalized spacial score (nSPS) is 19.3. The molecule has 76 valence electrons. The SMILES string of the molecule is O=C(O)[C@H]1Cc2c([nH]c3ccccc23)S1. The summed E-state index contributed by atoms with van der Waals surface area (Å²) in [6.45, 7) is 0. The predicted octanol–water partition coefficient (Wildman–Crippen LogP) is 2.27. The van der Waals surface area contributed by atoms with Crippen LogP contribution in [0.15, 0.2) is 29.3 Å². The van der Waals surface area contributed by atoms with E-state index in [0.29, 0.717) is 6.42 Å². The molecule has 15 heavy (non-hydrogen) atoms. The number of fused-ring (bicyclic) bond motifs is 3. The van der Waals surface area contributed by atoms with E-state index in [1.54, 1.807) is 0 Å². The van der Waals surface area contributed by atoms with Crippen molar-refractivity contribution in [3.8, 4) is 0 Å². The van der Waals surface area contributed by atoms with Crippen molar-refractivity contribution < 1.29 is 9.90 Å². The van der Waals surface area contributed by atoms with Crippen LogP contribution in [0.1, 0.15) is 5.56 Å². The number of aromatic amines is 1. The lowest BCUT2D eigenvalue weighted by atomic mass is 10.1. The Kier molecular flexibility index (Phi) is 1.79. The molecule has 3 rings (SSSR count). The van der Waals surface area contributed by atoms with Crippen molar-refractivity contribution in [3.05, 3.63) is 29.8 Å². The molecule has 0 bridgehead atoms. The molecule has 1 aliphatic rings. The number of rotatable bonds is 1. The monoisotopic (exact) mass is 219 g/mol. The van der Waals surface area contributed by atoms with E-state index in [1.807, 2.05) is 24.3 Å². The van der Waals surface area contributed by atoms with Crippen molar-refractivity contribution in [2.45, 2.75) is 16.7 Å². The summed E-state index contributed by atoms with van der Waals surface area (Å²) in [7, 11) is 0. The van der Waals surface area contributed by atoms with Gasteiger partial charge < -0.3 is 10.1 Å². The molecule has 2 heterocycles. The van der Waals surface area contributed by atoms with Gasteiger partial charge in [0.15, 0.2) is 0 Å². The Morgan fingerprint density at radius 1 is 1.47 bits per heavy atom. The standard InChI is InChI=1S/C11H9NO2S/c13-11(14)9-5-7-6-3-1-2-4-8(6)12-10(7)15-9/h1-4,9,12H,5H2,(H,13,14)/t9-/m1/s1. The number of H-pyrrole nitrogens is 1. The van der Waals surface area contributed by atoms with Gasteiger partial charge in [-0.25, -0.2) is 0 Å². The van der Waals surface area contributed by atoms with Gasteiger partial charge in [-0.15, -0.1) is 0 Å². The molecule has 0 saturated heterocycles. The maximum absolute atomic E-state index is 10.9. The molecule has 1 aliphatic heterocycles. The number of carboxylic acids is 1. The Labute approximate surface area is 90.5 Å². The Morgan fingerprint density at radius 3 is 3.07 bits per heavy atom. The van der Waals surface area contributed by atoms with Crippen LogP contribution >= 0.6 is 11.8 Å². The first-order valence-corrected chi connectivity index (χ1v) is 5.63. The number of hydrogen-bond acceptors (Lipinski definition) is 2. The summed E-state index contributed by atoms with van der Waals surface area (Å²) < 4.78 is 0. The molecule has 3 nitrogen and oxygen atoms in total.